The Morgan fingerprint density at radius 2 is 2.00 bits per heavy atom. The van der Waals surface area contributed by atoms with E-state index in [0.29, 0.717) is 25.4 Å². The van der Waals surface area contributed by atoms with Crippen molar-refractivity contribution in [3.8, 4) is 0 Å². The fraction of sp³-hybridized carbons (Fsp3) is 0.571. The molecule has 1 aromatic rings. The van der Waals surface area contributed by atoms with Crippen molar-refractivity contribution in [1.29, 1.82) is 0 Å². The summed E-state index contributed by atoms with van der Waals surface area (Å²) in [6.07, 6.45) is 1.40. The van der Waals surface area contributed by atoms with E-state index in [2.05, 4.69) is 6.92 Å². The summed E-state index contributed by atoms with van der Waals surface area (Å²) in [4.78, 5) is 0. The Hall–Kier alpha value is -0.580. The van der Waals surface area contributed by atoms with Crippen LogP contribution in [0.5, 0.6) is 0 Å². The van der Waals surface area contributed by atoms with E-state index in [-0.39, 0.29) is 11.1 Å². The Labute approximate surface area is 120 Å². The van der Waals surface area contributed by atoms with E-state index >= 15 is 0 Å². The molecule has 5 heteroatoms. The summed E-state index contributed by atoms with van der Waals surface area (Å²) in [6.45, 7) is 3.12. The van der Waals surface area contributed by atoms with Gasteiger partial charge in [-0.15, -0.1) is 11.6 Å². The highest BCUT2D eigenvalue weighted by molar-refractivity contribution is 7.89. The minimum atomic E-state index is -3.19. The van der Waals surface area contributed by atoms with Crippen LogP contribution in [0.1, 0.15) is 18.9 Å². The van der Waals surface area contributed by atoms with Crippen molar-refractivity contribution in [3.63, 3.8) is 0 Å². The molecule has 0 N–H and O–H groups in total. The Morgan fingerprint density at radius 3 is 2.63 bits per heavy atom. The van der Waals surface area contributed by atoms with Gasteiger partial charge >= 0.3 is 0 Å². The molecular formula is C14H20ClNO2S. The van der Waals surface area contributed by atoms with Crippen LogP contribution in [-0.4, -0.2) is 36.9 Å². The Morgan fingerprint density at radius 1 is 1.32 bits per heavy atom. The standard InChI is InChI=1S/C14H20ClNO2S/c1-12-7-9-16(11-14(12)15)19(17,18)10-8-13-5-3-2-4-6-13/h2-6,12,14H,7-11H2,1H3. The number of hydrogen-bond acceptors (Lipinski definition) is 2. The molecule has 0 bridgehead atoms. The summed E-state index contributed by atoms with van der Waals surface area (Å²) < 4.78 is 26.1. The number of hydrogen-bond donors (Lipinski definition) is 0. The third-order valence-corrected chi connectivity index (χ3v) is 6.12. The van der Waals surface area contributed by atoms with E-state index in [1.54, 1.807) is 4.31 Å². The largest absolute Gasteiger partial charge is 0.214 e. The molecule has 0 saturated carbocycles. The zero-order chi connectivity index (χ0) is 13.9. The second-order valence-electron chi connectivity index (χ2n) is 5.19. The molecule has 3 nitrogen and oxygen atoms in total. The van der Waals surface area contributed by atoms with Gasteiger partial charge in [0.15, 0.2) is 0 Å². The average molecular weight is 302 g/mol. The first-order valence-electron chi connectivity index (χ1n) is 6.65. The average Bonchev–Trinajstić information content (AvgIpc) is 2.41. The topological polar surface area (TPSA) is 37.4 Å². The molecule has 0 amide bonds. The minimum Gasteiger partial charge on any atom is -0.212 e. The maximum Gasteiger partial charge on any atom is 0.214 e. The first-order valence-corrected chi connectivity index (χ1v) is 8.69. The van der Waals surface area contributed by atoms with Crippen LogP contribution in [0, 0.1) is 5.92 Å². The van der Waals surface area contributed by atoms with Crippen LogP contribution in [0.4, 0.5) is 0 Å². The maximum atomic E-state index is 12.3. The van der Waals surface area contributed by atoms with Crippen molar-refractivity contribution < 1.29 is 8.42 Å². The number of nitrogens with zero attached hydrogens (tertiary/aromatic N) is 1. The normalized spacial score (nSPS) is 25.4. The van der Waals surface area contributed by atoms with E-state index in [4.69, 9.17) is 11.6 Å². The highest BCUT2D eigenvalue weighted by Gasteiger charge is 2.31. The van der Waals surface area contributed by atoms with Crippen molar-refractivity contribution in [2.75, 3.05) is 18.8 Å². The molecule has 1 heterocycles. The Kier molecular flexibility index (Phi) is 4.87. The fourth-order valence-corrected chi connectivity index (χ4v) is 4.17. The molecule has 0 radical (unpaired) electrons. The molecule has 1 aromatic carbocycles. The minimum absolute atomic E-state index is 0.0692. The first-order chi connectivity index (χ1) is 8.99. The van der Waals surface area contributed by atoms with Crippen LogP contribution >= 0.6 is 11.6 Å². The van der Waals surface area contributed by atoms with Gasteiger partial charge in [-0.1, -0.05) is 37.3 Å². The lowest BCUT2D eigenvalue weighted by Gasteiger charge is -2.33. The molecule has 2 rings (SSSR count). The molecule has 1 fully saturated rings. The van der Waals surface area contributed by atoms with Crippen molar-refractivity contribution in [2.24, 2.45) is 5.92 Å². The lowest BCUT2D eigenvalue weighted by molar-refractivity contribution is 0.293. The third kappa shape index (κ3) is 3.94. The molecule has 2 unspecified atom stereocenters. The van der Waals surface area contributed by atoms with Crippen LogP contribution in [0.25, 0.3) is 0 Å². The maximum absolute atomic E-state index is 12.3. The number of alkyl halides is 1. The number of sulfonamides is 1. The van der Waals surface area contributed by atoms with E-state index in [1.807, 2.05) is 30.3 Å². The van der Waals surface area contributed by atoms with Gasteiger partial charge in [0.2, 0.25) is 10.0 Å². The van der Waals surface area contributed by atoms with Crippen LogP contribution in [0.2, 0.25) is 0 Å². The van der Waals surface area contributed by atoms with Gasteiger partial charge < -0.3 is 0 Å². The van der Waals surface area contributed by atoms with Gasteiger partial charge in [0.05, 0.1) is 5.75 Å². The monoisotopic (exact) mass is 301 g/mol. The second-order valence-corrected chi connectivity index (χ2v) is 7.84. The van der Waals surface area contributed by atoms with E-state index in [9.17, 15) is 8.42 Å². The highest BCUT2D eigenvalue weighted by Crippen LogP contribution is 2.24. The Bertz CT molecular complexity index is 503. The summed E-state index contributed by atoms with van der Waals surface area (Å²) in [7, 11) is -3.19. The summed E-state index contributed by atoms with van der Waals surface area (Å²) in [5.41, 5.74) is 1.05. The van der Waals surface area contributed by atoms with Gasteiger partial charge in [0.25, 0.3) is 0 Å². The number of benzene rings is 1. The van der Waals surface area contributed by atoms with Crippen LogP contribution in [0.15, 0.2) is 30.3 Å². The van der Waals surface area contributed by atoms with Gasteiger partial charge in [0, 0.05) is 18.5 Å². The molecule has 0 aliphatic carbocycles. The quantitative estimate of drug-likeness (QED) is 0.801. The van der Waals surface area contributed by atoms with Crippen LogP contribution in [-0.2, 0) is 16.4 Å². The van der Waals surface area contributed by atoms with Crippen molar-refractivity contribution in [3.05, 3.63) is 35.9 Å². The van der Waals surface area contributed by atoms with Gasteiger partial charge in [-0.2, -0.15) is 0 Å². The zero-order valence-electron chi connectivity index (χ0n) is 11.1. The fourth-order valence-electron chi connectivity index (χ4n) is 2.27. The summed E-state index contributed by atoms with van der Waals surface area (Å²) >= 11 is 6.18. The predicted molar refractivity (Wildman–Crippen MR) is 78.9 cm³/mol. The molecule has 0 aromatic heterocycles. The zero-order valence-corrected chi connectivity index (χ0v) is 12.7. The van der Waals surface area contributed by atoms with Gasteiger partial charge in [-0.25, -0.2) is 12.7 Å². The number of halogens is 1. The molecule has 1 aliphatic rings. The summed E-state index contributed by atoms with van der Waals surface area (Å²) in [6, 6.07) is 9.71. The predicted octanol–water partition coefficient (Wildman–Crippen LogP) is 2.51. The van der Waals surface area contributed by atoms with Crippen LogP contribution in [0.3, 0.4) is 0 Å². The molecule has 2 atom stereocenters. The SMILES string of the molecule is CC1CCN(S(=O)(=O)CCc2ccccc2)CC1Cl. The van der Waals surface area contributed by atoms with Crippen molar-refractivity contribution in [1.82, 2.24) is 4.31 Å². The van der Waals surface area contributed by atoms with Crippen LogP contribution < -0.4 is 0 Å². The van der Waals surface area contributed by atoms with Crippen molar-refractivity contribution >= 4 is 21.6 Å². The second kappa shape index (κ2) is 6.25. The number of rotatable bonds is 4. The molecule has 1 saturated heterocycles. The van der Waals surface area contributed by atoms with Gasteiger partial charge in [-0.05, 0) is 24.3 Å². The third-order valence-electron chi connectivity index (χ3n) is 3.71. The van der Waals surface area contributed by atoms with E-state index in [1.165, 1.54) is 0 Å². The van der Waals surface area contributed by atoms with E-state index in [0.717, 1.165) is 12.0 Å². The smallest absolute Gasteiger partial charge is 0.212 e. The summed E-state index contributed by atoms with van der Waals surface area (Å²) in [5, 5.41) is -0.0692. The lowest BCUT2D eigenvalue weighted by atomic mass is 10.0. The van der Waals surface area contributed by atoms with Crippen molar-refractivity contribution in [2.45, 2.75) is 25.1 Å². The molecule has 19 heavy (non-hydrogen) atoms. The Balaban J connectivity index is 1.95. The molecule has 106 valence electrons. The summed E-state index contributed by atoms with van der Waals surface area (Å²) in [5.74, 6) is 0.553. The molecular weight excluding hydrogens is 282 g/mol. The number of aryl methyl sites for hydroxylation is 1. The molecule has 0 spiro atoms. The van der Waals surface area contributed by atoms with Gasteiger partial charge in [-0.3, -0.25) is 0 Å². The first kappa shape index (κ1) is 14.8. The number of piperidine rings is 1. The lowest BCUT2D eigenvalue weighted by Crippen LogP contribution is -2.44. The highest BCUT2D eigenvalue weighted by atomic mass is 35.5. The van der Waals surface area contributed by atoms with Gasteiger partial charge in [0.1, 0.15) is 0 Å². The molecule has 1 aliphatic heterocycles. The van der Waals surface area contributed by atoms with E-state index < -0.39 is 10.0 Å².